The van der Waals surface area contributed by atoms with Crippen molar-refractivity contribution in [2.75, 3.05) is 0 Å². The average molecular weight is 268 g/mol. The Morgan fingerprint density at radius 2 is 1.89 bits per heavy atom. The van der Waals surface area contributed by atoms with E-state index in [9.17, 15) is 0 Å². The zero-order valence-corrected chi connectivity index (χ0v) is 11.0. The summed E-state index contributed by atoms with van der Waals surface area (Å²) in [5, 5.41) is 5.37. The van der Waals surface area contributed by atoms with Gasteiger partial charge >= 0.3 is 0 Å². The molecule has 0 spiro atoms. The lowest BCUT2D eigenvalue weighted by Gasteiger charge is -2.02. The summed E-state index contributed by atoms with van der Waals surface area (Å²) in [4.78, 5) is 9.96. The van der Waals surface area contributed by atoms with E-state index in [0.717, 1.165) is 15.9 Å². The van der Waals surface area contributed by atoms with Crippen LogP contribution in [0.3, 0.4) is 0 Å². The van der Waals surface area contributed by atoms with Crippen LogP contribution in [-0.4, -0.2) is 9.97 Å². The maximum Gasteiger partial charge on any atom is 0.123 e. The SMILES string of the molecule is c1cc(-c2cnc3ccsc3c2)c2ccsc2n1. The molecule has 86 valence electrons. The van der Waals surface area contributed by atoms with Gasteiger partial charge in [0.1, 0.15) is 4.83 Å². The molecule has 4 heterocycles. The zero-order chi connectivity index (χ0) is 11.9. The predicted octanol–water partition coefficient (Wildman–Crippen LogP) is 4.57. The van der Waals surface area contributed by atoms with Gasteiger partial charge in [0.2, 0.25) is 0 Å². The van der Waals surface area contributed by atoms with Gasteiger partial charge in [-0.15, -0.1) is 22.7 Å². The summed E-state index contributed by atoms with van der Waals surface area (Å²) in [6, 6.07) is 8.45. The fourth-order valence-corrected chi connectivity index (χ4v) is 3.66. The topological polar surface area (TPSA) is 25.8 Å². The molecular weight excluding hydrogens is 260 g/mol. The van der Waals surface area contributed by atoms with Crippen molar-refractivity contribution in [2.45, 2.75) is 0 Å². The minimum Gasteiger partial charge on any atom is -0.255 e. The van der Waals surface area contributed by atoms with E-state index in [1.807, 2.05) is 12.4 Å². The molecule has 0 saturated carbocycles. The highest BCUT2D eigenvalue weighted by Crippen LogP contribution is 2.32. The number of fused-ring (bicyclic) bond motifs is 2. The molecule has 4 heteroatoms. The Bertz CT molecular complexity index is 845. The van der Waals surface area contributed by atoms with Gasteiger partial charge in [0.25, 0.3) is 0 Å². The summed E-state index contributed by atoms with van der Waals surface area (Å²) in [5.74, 6) is 0. The van der Waals surface area contributed by atoms with Crippen LogP contribution in [0.5, 0.6) is 0 Å². The van der Waals surface area contributed by atoms with Gasteiger partial charge in [0, 0.05) is 23.3 Å². The predicted molar refractivity (Wildman–Crippen MR) is 78.2 cm³/mol. The van der Waals surface area contributed by atoms with E-state index in [1.54, 1.807) is 22.7 Å². The second-order valence-electron chi connectivity index (χ2n) is 4.03. The highest BCUT2D eigenvalue weighted by atomic mass is 32.1. The maximum absolute atomic E-state index is 4.50. The standard InChI is InChI=1S/C14H8N2S2/c1-4-15-14-11(2-5-18-14)10(1)9-7-13-12(16-8-9)3-6-17-13/h1-8H. The van der Waals surface area contributed by atoms with Gasteiger partial charge < -0.3 is 0 Å². The molecule has 0 atom stereocenters. The number of aromatic nitrogens is 2. The van der Waals surface area contributed by atoms with Crippen molar-refractivity contribution in [3.63, 3.8) is 0 Å². The summed E-state index contributed by atoms with van der Waals surface area (Å²) >= 11 is 3.40. The van der Waals surface area contributed by atoms with Crippen LogP contribution in [0.1, 0.15) is 0 Å². The number of rotatable bonds is 1. The molecule has 0 amide bonds. The molecule has 18 heavy (non-hydrogen) atoms. The number of hydrogen-bond acceptors (Lipinski definition) is 4. The molecule has 0 aliphatic rings. The van der Waals surface area contributed by atoms with E-state index < -0.39 is 0 Å². The Morgan fingerprint density at radius 3 is 2.89 bits per heavy atom. The van der Waals surface area contributed by atoms with E-state index in [4.69, 9.17) is 0 Å². The van der Waals surface area contributed by atoms with E-state index >= 15 is 0 Å². The lowest BCUT2D eigenvalue weighted by molar-refractivity contribution is 1.41. The monoisotopic (exact) mass is 268 g/mol. The summed E-state index contributed by atoms with van der Waals surface area (Å²) in [6.07, 6.45) is 3.81. The highest BCUT2D eigenvalue weighted by Gasteiger charge is 2.07. The van der Waals surface area contributed by atoms with Crippen LogP contribution in [-0.2, 0) is 0 Å². The van der Waals surface area contributed by atoms with Crippen molar-refractivity contribution in [2.24, 2.45) is 0 Å². The van der Waals surface area contributed by atoms with E-state index in [1.165, 1.54) is 15.6 Å². The lowest BCUT2D eigenvalue weighted by atomic mass is 10.1. The first-order valence-corrected chi connectivity index (χ1v) is 7.33. The van der Waals surface area contributed by atoms with Crippen LogP contribution in [0.2, 0.25) is 0 Å². The van der Waals surface area contributed by atoms with Gasteiger partial charge in [-0.25, -0.2) is 4.98 Å². The van der Waals surface area contributed by atoms with Gasteiger partial charge in [-0.05, 0) is 40.6 Å². The third kappa shape index (κ3) is 1.46. The van der Waals surface area contributed by atoms with Gasteiger partial charge in [0.05, 0.1) is 10.2 Å². The normalized spacial score (nSPS) is 11.3. The molecule has 4 aromatic heterocycles. The Balaban J connectivity index is 2.03. The molecule has 0 fully saturated rings. The van der Waals surface area contributed by atoms with Gasteiger partial charge in [0.15, 0.2) is 0 Å². The molecule has 0 unspecified atom stereocenters. The fraction of sp³-hybridized carbons (Fsp3) is 0. The molecule has 0 saturated heterocycles. The van der Waals surface area contributed by atoms with Crippen molar-refractivity contribution in [1.29, 1.82) is 0 Å². The number of pyridine rings is 2. The summed E-state index contributed by atoms with van der Waals surface area (Å²) in [6.45, 7) is 0. The van der Waals surface area contributed by atoms with Crippen LogP contribution >= 0.6 is 22.7 Å². The van der Waals surface area contributed by atoms with E-state index in [0.29, 0.717) is 0 Å². The first kappa shape index (κ1) is 10.2. The van der Waals surface area contributed by atoms with E-state index in [2.05, 4.69) is 45.0 Å². The van der Waals surface area contributed by atoms with Crippen LogP contribution < -0.4 is 0 Å². The van der Waals surface area contributed by atoms with Crippen LogP contribution in [0.25, 0.3) is 31.6 Å². The number of thiophene rings is 2. The third-order valence-corrected chi connectivity index (χ3v) is 4.66. The van der Waals surface area contributed by atoms with Gasteiger partial charge in [-0.2, -0.15) is 0 Å². The summed E-state index contributed by atoms with van der Waals surface area (Å²) in [5.41, 5.74) is 3.44. The minimum atomic E-state index is 1.07. The third-order valence-electron chi connectivity index (χ3n) is 2.98. The second kappa shape index (κ2) is 3.86. The molecular formula is C14H8N2S2. The molecule has 0 bridgehead atoms. The molecule has 0 aliphatic heterocycles. The maximum atomic E-state index is 4.50. The van der Waals surface area contributed by atoms with Crippen molar-refractivity contribution >= 4 is 43.1 Å². The largest absolute Gasteiger partial charge is 0.255 e. The lowest BCUT2D eigenvalue weighted by Crippen LogP contribution is -1.82. The molecule has 0 radical (unpaired) electrons. The smallest absolute Gasteiger partial charge is 0.123 e. The van der Waals surface area contributed by atoms with E-state index in [-0.39, 0.29) is 0 Å². The minimum absolute atomic E-state index is 1.07. The summed E-state index contributed by atoms with van der Waals surface area (Å²) < 4.78 is 1.23. The van der Waals surface area contributed by atoms with Crippen molar-refractivity contribution < 1.29 is 0 Å². The van der Waals surface area contributed by atoms with Crippen molar-refractivity contribution in [3.8, 4) is 11.1 Å². The van der Waals surface area contributed by atoms with Crippen molar-refractivity contribution in [1.82, 2.24) is 9.97 Å². The molecule has 4 aromatic rings. The zero-order valence-electron chi connectivity index (χ0n) is 9.33. The van der Waals surface area contributed by atoms with Gasteiger partial charge in [-0.3, -0.25) is 4.98 Å². The van der Waals surface area contributed by atoms with Gasteiger partial charge in [-0.1, -0.05) is 0 Å². The number of nitrogens with zero attached hydrogens (tertiary/aromatic N) is 2. The molecule has 0 aliphatic carbocycles. The molecule has 4 rings (SSSR count). The Morgan fingerprint density at radius 1 is 0.944 bits per heavy atom. The second-order valence-corrected chi connectivity index (χ2v) is 5.87. The average Bonchev–Trinajstić information content (AvgIpc) is 3.05. The molecule has 0 aromatic carbocycles. The van der Waals surface area contributed by atoms with Crippen LogP contribution in [0, 0.1) is 0 Å². The van der Waals surface area contributed by atoms with Crippen LogP contribution in [0.4, 0.5) is 0 Å². The Labute approximate surface area is 112 Å². The highest BCUT2D eigenvalue weighted by molar-refractivity contribution is 7.17. The van der Waals surface area contributed by atoms with Crippen molar-refractivity contribution in [3.05, 3.63) is 47.4 Å². The fourth-order valence-electron chi connectivity index (χ4n) is 2.12. The summed E-state index contributed by atoms with van der Waals surface area (Å²) in [7, 11) is 0. The molecule has 0 N–H and O–H groups in total. The Kier molecular flexibility index (Phi) is 2.18. The Hall–Kier alpha value is -1.78. The quantitative estimate of drug-likeness (QED) is 0.505. The van der Waals surface area contributed by atoms with Crippen LogP contribution in [0.15, 0.2) is 47.4 Å². The first-order valence-electron chi connectivity index (χ1n) is 5.58. The molecule has 2 nitrogen and oxygen atoms in total. The number of hydrogen-bond donors (Lipinski definition) is 0. The first-order chi connectivity index (χ1) is 8.92.